The number of fused-ring (bicyclic) bond motifs is 4. The number of alkyl carbamates (subject to hydrolysis) is 1. The molecular formula is C26H29N3O3S. The summed E-state index contributed by atoms with van der Waals surface area (Å²) < 4.78 is 6.45. The van der Waals surface area contributed by atoms with Gasteiger partial charge in [-0.05, 0) is 66.9 Å². The van der Waals surface area contributed by atoms with Crippen molar-refractivity contribution in [2.24, 2.45) is 5.92 Å². The minimum absolute atomic E-state index is 0.0220. The van der Waals surface area contributed by atoms with Crippen LogP contribution in [0.25, 0.3) is 21.2 Å². The summed E-state index contributed by atoms with van der Waals surface area (Å²) in [5.74, 6) is 0.620. The zero-order chi connectivity index (χ0) is 22.8. The molecular weight excluding hydrogens is 434 g/mol. The van der Waals surface area contributed by atoms with Gasteiger partial charge in [0, 0.05) is 23.8 Å². The molecule has 3 aliphatic heterocycles. The predicted molar refractivity (Wildman–Crippen MR) is 132 cm³/mol. The molecule has 2 aromatic carbocycles. The highest BCUT2D eigenvalue weighted by atomic mass is 32.1. The lowest BCUT2D eigenvalue weighted by Crippen LogP contribution is -2.57. The highest BCUT2D eigenvalue weighted by Crippen LogP contribution is 2.37. The number of carbonyl (C=O) groups excluding carboxylic acids is 2. The van der Waals surface area contributed by atoms with Crippen LogP contribution in [0.3, 0.4) is 0 Å². The van der Waals surface area contributed by atoms with Crippen LogP contribution in [0.4, 0.5) is 4.79 Å². The smallest absolute Gasteiger partial charge is 0.407 e. The van der Waals surface area contributed by atoms with Crippen molar-refractivity contribution in [1.29, 1.82) is 0 Å². The van der Waals surface area contributed by atoms with Crippen LogP contribution in [0.2, 0.25) is 0 Å². The van der Waals surface area contributed by atoms with Gasteiger partial charge in [0.2, 0.25) is 0 Å². The Balaban J connectivity index is 1.40. The SMILES string of the molecule is CCNC(=O)OCc1ccccc1-c1cccc2cc(C(=O)N[C@H]3CN4CCC3CC4)sc12. The third-order valence-electron chi connectivity index (χ3n) is 6.73. The van der Waals surface area contributed by atoms with Gasteiger partial charge >= 0.3 is 6.09 Å². The Morgan fingerprint density at radius 3 is 2.64 bits per heavy atom. The molecule has 0 aliphatic carbocycles. The van der Waals surface area contributed by atoms with Crippen LogP contribution in [0.15, 0.2) is 48.5 Å². The van der Waals surface area contributed by atoms with E-state index >= 15 is 0 Å². The van der Waals surface area contributed by atoms with Gasteiger partial charge < -0.3 is 20.3 Å². The highest BCUT2D eigenvalue weighted by molar-refractivity contribution is 7.21. The van der Waals surface area contributed by atoms with E-state index in [-0.39, 0.29) is 18.6 Å². The van der Waals surface area contributed by atoms with Crippen molar-refractivity contribution in [2.75, 3.05) is 26.2 Å². The number of hydrogen-bond donors (Lipinski definition) is 2. The lowest BCUT2D eigenvalue weighted by molar-refractivity contribution is 0.0622. The number of benzene rings is 2. The highest BCUT2D eigenvalue weighted by Gasteiger charge is 2.35. The number of piperidine rings is 3. The topological polar surface area (TPSA) is 70.7 Å². The number of nitrogens with zero attached hydrogens (tertiary/aromatic N) is 1. The summed E-state index contributed by atoms with van der Waals surface area (Å²) in [6, 6.07) is 16.3. The number of ether oxygens (including phenoxy) is 1. The average molecular weight is 464 g/mol. The summed E-state index contributed by atoms with van der Waals surface area (Å²) in [6.07, 6.45) is 1.93. The second-order valence-corrected chi connectivity index (χ2v) is 9.87. The maximum Gasteiger partial charge on any atom is 0.407 e. The molecule has 3 aromatic rings. The standard InChI is InChI=1S/C26H29N3O3S/c1-2-27-26(31)32-16-19-6-3-4-8-20(19)21-9-5-7-18-14-23(33-24(18)21)25(30)28-22-15-29-12-10-17(22)11-13-29/h3-9,14,17,22H,2,10-13,15-16H2,1H3,(H,27,31)(H,28,30)/t22-/m0/s1. The van der Waals surface area contributed by atoms with Gasteiger partial charge in [-0.15, -0.1) is 11.3 Å². The van der Waals surface area contributed by atoms with E-state index in [9.17, 15) is 9.59 Å². The summed E-state index contributed by atoms with van der Waals surface area (Å²) in [5, 5.41) is 7.02. The number of rotatable bonds is 6. The van der Waals surface area contributed by atoms with Gasteiger partial charge in [-0.2, -0.15) is 0 Å². The van der Waals surface area contributed by atoms with Gasteiger partial charge in [0.25, 0.3) is 5.91 Å². The Bertz CT molecular complexity index is 1170. The molecule has 33 heavy (non-hydrogen) atoms. The van der Waals surface area contributed by atoms with E-state index in [0.29, 0.717) is 12.5 Å². The maximum absolute atomic E-state index is 13.1. The van der Waals surface area contributed by atoms with Crippen molar-refractivity contribution in [3.63, 3.8) is 0 Å². The van der Waals surface area contributed by atoms with Crippen LogP contribution in [0.1, 0.15) is 35.0 Å². The van der Waals surface area contributed by atoms with Gasteiger partial charge in [0.15, 0.2) is 0 Å². The third kappa shape index (κ3) is 4.61. The van der Waals surface area contributed by atoms with E-state index < -0.39 is 6.09 Å². The third-order valence-corrected chi connectivity index (χ3v) is 7.91. The van der Waals surface area contributed by atoms with Crippen LogP contribution in [0.5, 0.6) is 0 Å². The van der Waals surface area contributed by atoms with Gasteiger partial charge in [0.05, 0.1) is 4.88 Å². The number of hydrogen-bond acceptors (Lipinski definition) is 5. The van der Waals surface area contributed by atoms with Gasteiger partial charge in [-0.1, -0.05) is 42.5 Å². The lowest BCUT2D eigenvalue weighted by atomic mass is 9.84. The first kappa shape index (κ1) is 21.9. The first-order chi connectivity index (χ1) is 16.1. The van der Waals surface area contributed by atoms with E-state index in [0.717, 1.165) is 51.3 Å². The molecule has 3 aliphatic rings. The molecule has 2 amide bonds. The van der Waals surface area contributed by atoms with E-state index in [2.05, 4.69) is 21.6 Å². The van der Waals surface area contributed by atoms with E-state index in [1.807, 2.05) is 49.4 Å². The van der Waals surface area contributed by atoms with Gasteiger partial charge in [0.1, 0.15) is 6.61 Å². The van der Waals surface area contributed by atoms with Gasteiger partial charge in [-0.3, -0.25) is 4.79 Å². The Morgan fingerprint density at radius 1 is 1.09 bits per heavy atom. The summed E-state index contributed by atoms with van der Waals surface area (Å²) in [7, 11) is 0. The van der Waals surface area contributed by atoms with Crippen molar-refractivity contribution in [1.82, 2.24) is 15.5 Å². The molecule has 0 unspecified atom stereocenters. The first-order valence-corrected chi connectivity index (χ1v) is 12.5. The monoisotopic (exact) mass is 463 g/mol. The molecule has 0 spiro atoms. The van der Waals surface area contributed by atoms with Crippen LogP contribution in [0, 0.1) is 5.92 Å². The molecule has 3 fully saturated rings. The number of carbonyl (C=O) groups is 2. The van der Waals surface area contributed by atoms with Crippen LogP contribution in [-0.2, 0) is 11.3 Å². The lowest BCUT2D eigenvalue weighted by Gasteiger charge is -2.44. The molecule has 2 bridgehead atoms. The Morgan fingerprint density at radius 2 is 1.88 bits per heavy atom. The quantitative estimate of drug-likeness (QED) is 0.559. The van der Waals surface area contributed by atoms with Crippen molar-refractivity contribution >= 4 is 33.4 Å². The molecule has 6 rings (SSSR count). The molecule has 7 heteroatoms. The van der Waals surface area contributed by atoms with Crippen molar-refractivity contribution in [3.8, 4) is 11.1 Å². The number of thiophene rings is 1. The fourth-order valence-electron chi connectivity index (χ4n) is 5.00. The molecule has 2 N–H and O–H groups in total. The summed E-state index contributed by atoms with van der Waals surface area (Å²) in [5.41, 5.74) is 3.00. The molecule has 6 nitrogen and oxygen atoms in total. The Kier molecular flexibility index (Phi) is 6.33. The molecule has 1 atom stereocenters. The van der Waals surface area contributed by atoms with E-state index in [1.165, 1.54) is 24.2 Å². The summed E-state index contributed by atoms with van der Waals surface area (Å²) >= 11 is 1.53. The summed E-state index contributed by atoms with van der Waals surface area (Å²) in [4.78, 5) is 28.1. The minimum atomic E-state index is -0.423. The molecule has 0 radical (unpaired) electrons. The number of amides is 2. The molecule has 3 saturated heterocycles. The molecule has 1 aromatic heterocycles. The van der Waals surface area contributed by atoms with Gasteiger partial charge in [-0.25, -0.2) is 4.79 Å². The van der Waals surface area contributed by atoms with E-state index in [1.54, 1.807) is 0 Å². The fourth-order valence-corrected chi connectivity index (χ4v) is 6.09. The second kappa shape index (κ2) is 9.53. The normalized spacial score (nSPS) is 21.7. The zero-order valence-electron chi connectivity index (χ0n) is 18.8. The van der Waals surface area contributed by atoms with Crippen molar-refractivity contribution in [2.45, 2.75) is 32.4 Å². The average Bonchev–Trinajstić information content (AvgIpc) is 3.29. The number of nitrogens with one attached hydrogen (secondary N) is 2. The van der Waals surface area contributed by atoms with Crippen LogP contribution < -0.4 is 10.6 Å². The van der Waals surface area contributed by atoms with Crippen molar-refractivity contribution < 1.29 is 14.3 Å². The molecule has 0 saturated carbocycles. The zero-order valence-corrected chi connectivity index (χ0v) is 19.6. The summed E-state index contributed by atoms with van der Waals surface area (Å²) in [6.45, 7) is 5.86. The Labute approximate surface area is 197 Å². The van der Waals surface area contributed by atoms with E-state index in [4.69, 9.17) is 4.74 Å². The second-order valence-electron chi connectivity index (χ2n) is 8.82. The minimum Gasteiger partial charge on any atom is -0.445 e. The molecule has 4 heterocycles. The van der Waals surface area contributed by atoms with Crippen LogP contribution in [-0.4, -0.2) is 49.1 Å². The maximum atomic E-state index is 13.1. The largest absolute Gasteiger partial charge is 0.445 e. The van der Waals surface area contributed by atoms with Crippen LogP contribution >= 0.6 is 11.3 Å². The van der Waals surface area contributed by atoms with Crippen molar-refractivity contribution in [3.05, 3.63) is 59.0 Å². The first-order valence-electron chi connectivity index (χ1n) is 11.7. The Hall–Kier alpha value is -2.90. The predicted octanol–water partition coefficient (Wildman–Crippen LogP) is 4.64. The fraction of sp³-hybridized carbons (Fsp3) is 0.385. The molecule has 172 valence electrons.